The lowest BCUT2D eigenvalue weighted by Gasteiger charge is -2.23. The van der Waals surface area contributed by atoms with Crippen LogP contribution in [0.4, 0.5) is 0 Å². The SMILES string of the molecule is CN(CC#N)CCC1CCCCC1. The first kappa shape index (κ1) is 10.5. The van der Waals surface area contributed by atoms with E-state index in [0.717, 1.165) is 12.5 Å². The molecule has 1 fully saturated rings. The van der Waals surface area contributed by atoms with E-state index in [1.807, 2.05) is 7.05 Å². The van der Waals surface area contributed by atoms with Crippen LogP contribution in [0, 0.1) is 17.2 Å². The van der Waals surface area contributed by atoms with Crippen molar-refractivity contribution in [3.63, 3.8) is 0 Å². The van der Waals surface area contributed by atoms with Gasteiger partial charge < -0.3 is 0 Å². The maximum atomic E-state index is 8.48. The van der Waals surface area contributed by atoms with Crippen LogP contribution in [-0.4, -0.2) is 25.0 Å². The first-order valence-electron chi connectivity index (χ1n) is 5.38. The number of nitrogens with zero attached hydrogens (tertiary/aromatic N) is 2. The molecule has 1 rings (SSSR count). The van der Waals surface area contributed by atoms with Gasteiger partial charge in [0.2, 0.25) is 0 Å². The first-order chi connectivity index (χ1) is 6.33. The zero-order valence-electron chi connectivity index (χ0n) is 8.63. The molecule has 0 aliphatic heterocycles. The monoisotopic (exact) mass is 180 g/mol. The van der Waals surface area contributed by atoms with E-state index in [-0.39, 0.29) is 0 Å². The quantitative estimate of drug-likeness (QED) is 0.621. The van der Waals surface area contributed by atoms with E-state index in [4.69, 9.17) is 5.26 Å². The molecule has 0 aromatic carbocycles. The van der Waals surface area contributed by atoms with Gasteiger partial charge in [0.05, 0.1) is 12.6 Å². The molecule has 0 unspecified atom stereocenters. The molecule has 0 atom stereocenters. The molecule has 0 N–H and O–H groups in total. The highest BCUT2D eigenvalue weighted by Gasteiger charge is 2.13. The Morgan fingerprint density at radius 3 is 2.62 bits per heavy atom. The summed E-state index contributed by atoms with van der Waals surface area (Å²) in [7, 11) is 2.03. The van der Waals surface area contributed by atoms with E-state index in [9.17, 15) is 0 Å². The number of nitriles is 1. The minimum atomic E-state index is 0.576. The summed E-state index contributed by atoms with van der Waals surface area (Å²) in [6, 6.07) is 2.18. The maximum absolute atomic E-state index is 8.48. The Hall–Kier alpha value is -0.550. The Bertz CT molecular complexity index is 165. The molecule has 1 aliphatic carbocycles. The molecule has 1 saturated carbocycles. The molecule has 0 radical (unpaired) electrons. The molecular weight excluding hydrogens is 160 g/mol. The van der Waals surface area contributed by atoms with Crippen LogP contribution in [0.3, 0.4) is 0 Å². The molecule has 13 heavy (non-hydrogen) atoms. The fraction of sp³-hybridized carbons (Fsp3) is 0.909. The van der Waals surface area contributed by atoms with Crippen LogP contribution in [-0.2, 0) is 0 Å². The highest BCUT2D eigenvalue weighted by Crippen LogP contribution is 2.26. The zero-order valence-corrected chi connectivity index (χ0v) is 8.63. The summed E-state index contributed by atoms with van der Waals surface area (Å²) in [5.41, 5.74) is 0. The standard InChI is InChI=1S/C11H20N2/c1-13(10-8-12)9-7-11-5-3-2-4-6-11/h11H,2-7,9-10H2,1H3. The van der Waals surface area contributed by atoms with Gasteiger partial charge in [-0.2, -0.15) is 5.26 Å². The van der Waals surface area contributed by atoms with Crippen molar-refractivity contribution < 1.29 is 0 Å². The molecule has 0 spiro atoms. The van der Waals surface area contributed by atoms with Gasteiger partial charge in [0.15, 0.2) is 0 Å². The van der Waals surface area contributed by atoms with Crippen molar-refractivity contribution in [2.24, 2.45) is 5.92 Å². The third-order valence-electron chi connectivity index (χ3n) is 2.98. The van der Waals surface area contributed by atoms with Crippen molar-refractivity contribution in [2.75, 3.05) is 20.1 Å². The lowest BCUT2D eigenvalue weighted by molar-refractivity contribution is 0.280. The van der Waals surface area contributed by atoms with E-state index in [1.165, 1.54) is 38.5 Å². The van der Waals surface area contributed by atoms with Gasteiger partial charge in [-0.3, -0.25) is 4.90 Å². The number of hydrogen-bond donors (Lipinski definition) is 0. The van der Waals surface area contributed by atoms with Crippen LogP contribution < -0.4 is 0 Å². The van der Waals surface area contributed by atoms with Gasteiger partial charge in [0, 0.05) is 0 Å². The normalized spacial score (nSPS) is 18.8. The molecule has 0 bridgehead atoms. The largest absolute Gasteiger partial charge is 0.294 e. The molecule has 0 aromatic rings. The van der Waals surface area contributed by atoms with Gasteiger partial charge in [-0.1, -0.05) is 32.1 Å². The summed E-state index contributed by atoms with van der Waals surface area (Å²) in [5.74, 6) is 0.940. The van der Waals surface area contributed by atoms with Gasteiger partial charge in [0.25, 0.3) is 0 Å². The molecule has 2 nitrogen and oxygen atoms in total. The van der Waals surface area contributed by atoms with Crippen molar-refractivity contribution in [3.8, 4) is 6.07 Å². The zero-order chi connectivity index (χ0) is 9.52. The van der Waals surface area contributed by atoms with Crippen LogP contribution >= 0.6 is 0 Å². The van der Waals surface area contributed by atoms with E-state index in [0.29, 0.717) is 6.54 Å². The molecular formula is C11H20N2. The van der Waals surface area contributed by atoms with Crippen molar-refractivity contribution >= 4 is 0 Å². The summed E-state index contributed by atoms with van der Waals surface area (Å²) in [6.45, 7) is 1.67. The molecule has 74 valence electrons. The summed E-state index contributed by atoms with van der Waals surface area (Å²) in [6.07, 6.45) is 8.41. The molecule has 2 heteroatoms. The molecule has 0 aromatic heterocycles. The van der Waals surface area contributed by atoms with Crippen molar-refractivity contribution in [1.82, 2.24) is 4.90 Å². The maximum Gasteiger partial charge on any atom is 0.0863 e. The average Bonchev–Trinajstić information content (AvgIpc) is 2.17. The first-order valence-corrected chi connectivity index (χ1v) is 5.38. The van der Waals surface area contributed by atoms with Gasteiger partial charge in [0.1, 0.15) is 0 Å². The number of rotatable bonds is 4. The van der Waals surface area contributed by atoms with Crippen LogP contribution in [0.5, 0.6) is 0 Å². The predicted molar refractivity (Wildman–Crippen MR) is 54.3 cm³/mol. The summed E-state index contributed by atoms with van der Waals surface area (Å²) in [5, 5.41) is 8.48. The highest BCUT2D eigenvalue weighted by atomic mass is 15.1. The van der Waals surface area contributed by atoms with Crippen LogP contribution in [0.25, 0.3) is 0 Å². The van der Waals surface area contributed by atoms with Gasteiger partial charge in [-0.15, -0.1) is 0 Å². The Labute approximate surface area is 81.5 Å². The third-order valence-corrected chi connectivity index (χ3v) is 2.98. The second-order valence-electron chi connectivity index (χ2n) is 4.19. The molecule has 1 aliphatic rings. The Morgan fingerprint density at radius 1 is 1.31 bits per heavy atom. The van der Waals surface area contributed by atoms with Crippen molar-refractivity contribution in [3.05, 3.63) is 0 Å². The topological polar surface area (TPSA) is 27.0 Å². The fourth-order valence-electron chi connectivity index (χ4n) is 2.08. The lowest BCUT2D eigenvalue weighted by Crippen LogP contribution is -2.22. The second-order valence-corrected chi connectivity index (χ2v) is 4.19. The predicted octanol–water partition coefficient (Wildman–Crippen LogP) is 2.41. The number of hydrogen-bond acceptors (Lipinski definition) is 2. The van der Waals surface area contributed by atoms with Crippen molar-refractivity contribution in [1.29, 1.82) is 5.26 Å². The lowest BCUT2D eigenvalue weighted by atomic mass is 9.87. The molecule has 0 amide bonds. The minimum absolute atomic E-state index is 0.576. The average molecular weight is 180 g/mol. The minimum Gasteiger partial charge on any atom is -0.294 e. The highest BCUT2D eigenvalue weighted by molar-refractivity contribution is 4.75. The summed E-state index contributed by atoms with van der Waals surface area (Å²) >= 11 is 0. The molecule has 0 saturated heterocycles. The van der Waals surface area contributed by atoms with E-state index < -0.39 is 0 Å². The van der Waals surface area contributed by atoms with Crippen LogP contribution in [0.1, 0.15) is 38.5 Å². The summed E-state index contributed by atoms with van der Waals surface area (Å²) in [4.78, 5) is 2.12. The third kappa shape index (κ3) is 4.28. The Balaban J connectivity index is 2.07. The van der Waals surface area contributed by atoms with Crippen LogP contribution in [0.15, 0.2) is 0 Å². The Morgan fingerprint density at radius 2 is 2.00 bits per heavy atom. The van der Waals surface area contributed by atoms with E-state index in [1.54, 1.807) is 0 Å². The Kier molecular flexibility index (Phi) is 4.85. The summed E-state index contributed by atoms with van der Waals surface area (Å²) < 4.78 is 0. The van der Waals surface area contributed by atoms with Crippen molar-refractivity contribution in [2.45, 2.75) is 38.5 Å². The van der Waals surface area contributed by atoms with Gasteiger partial charge >= 0.3 is 0 Å². The second kappa shape index (κ2) is 5.99. The van der Waals surface area contributed by atoms with Gasteiger partial charge in [-0.25, -0.2) is 0 Å². The van der Waals surface area contributed by atoms with E-state index >= 15 is 0 Å². The smallest absolute Gasteiger partial charge is 0.0863 e. The fourth-order valence-corrected chi connectivity index (χ4v) is 2.08. The van der Waals surface area contributed by atoms with Gasteiger partial charge in [-0.05, 0) is 25.9 Å². The van der Waals surface area contributed by atoms with E-state index in [2.05, 4.69) is 11.0 Å². The molecule has 0 heterocycles. The van der Waals surface area contributed by atoms with Crippen LogP contribution in [0.2, 0.25) is 0 Å².